The van der Waals surface area contributed by atoms with Gasteiger partial charge in [-0.3, -0.25) is 14.8 Å². The van der Waals surface area contributed by atoms with E-state index in [0.29, 0.717) is 5.69 Å². The lowest BCUT2D eigenvalue weighted by atomic mass is 10.2. The van der Waals surface area contributed by atoms with Crippen LogP contribution in [0, 0.1) is 0 Å². The highest BCUT2D eigenvalue weighted by Crippen LogP contribution is 2.28. The third kappa shape index (κ3) is 2.75. The van der Waals surface area contributed by atoms with Crippen LogP contribution in [0.25, 0.3) is 22.0 Å². The quantitative estimate of drug-likeness (QED) is 0.803. The summed E-state index contributed by atoms with van der Waals surface area (Å²) in [6.45, 7) is 1.70. The van der Waals surface area contributed by atoms with Crippen molar-refractivity contribution in [3.63, 3.8) is 0 Å². The first-order chi connectivity index (χ1) is 11.3. The van der Waals surface area contributed by atoms with E-state index in [0.717, 1.165) is 47.9 Å². The van der Waals surface area contributed by atoms with Crippen molar-refractivity contribution >= 4 is 17.2 Å². The van der Waals surface area contributed by atoms with Crippen LogP contribution in [-0.4, -0.2) is 43.8 Å². The fourth-order valence-corrected chi connectivity index (χ4v) is 3.48. The van der Waals surface area contributed by atoms with Gasteiger partial charge in [-0.2, -0.15) is 0 Å². The van der Waals surface area contributed by atoms with Gasteiger partial charge in [-0.25, -0.2) is 4.98 Å². The number of amides is 1. The minimum atomic E-state index is 0.0677. The number of aromatic nitrogens is 4. The Morgan fingerprint density at radius 2 is 2.09 bits per heavy atom. The molecule has 3 aromatic heterocycles. The molecule has 1 N–H and O–H groups in total. The van der Waals surface area contributed by atoms with E-state index in [1.165, 1.54) is 11.3 Å². The second kappa shape index (κ2) is 5.92. The summed E-state index contributed by atoms with van der Waals surface area (Å²) in [7, 11) is 0. The van der Waals surface area contributed by atoms with Gasteiger partial charge in [0.2, 0.25) is 0 Å². The minimum absolute atomic E-state index is 0.0677. The normalized spacial score (nSPS) is 14.3. The molecule has 0 atom stereocenters. The molecule has 0 bridgehead atoms. The Bertz CT molecular complexity index is 820. The van der Waals surface area contributed by atoms with E-state index in [9.17, 15) is 4.79 Å². The summed E-state index contributed by atoms with van der Waals surface area (Å²) < 4.78 is 0. The second-order valence-electron chi connectivity index (χ2n) is 5.43. The standard InChI is InChI=1S/C16H15N5OS/c22-16(21-5-1-2-6-21)12-7-11(8-19-12)14-10-23-15(20-14)13-9-17-3-4-18-13/h3-4,7-10,19H,1-2,5-6H2. The van der Waals surface area contributed by atoms with Gasteiger partial charge >= 0.3 is 0 Å². The molecular weight excluding hydrogens is 310 g/mol. The molecule has 4 heterocycles. The Kier molecular flexibility index (Phi) is 3.63. The summed E-state index contributed by atoms with van der Waals surface area (Å²) in [5.41, 5.74) is 3.13. The Labute approximate surface area is 137 Å². The Morgan fingerprint density at radius 1 is 1.22 bits per heavy atom. The number of likely N-dealkylation sites (tertiary alicyclic amines) is 1. The first-order valence-electron chi connectivity index (χ1n) is 7.51. The molecule has 3 aromatic rings. The second-order valence-corrected chi connectivity index (χ2v) is 6.29. The van der Waals surface area contributed by atoms with Crippen molar-refractivity contribution in [3.8, 4) is 22.0 Å². The van der Waals surface area contributed by atoms with Crippen molar-refractivity contribution in [3.05, 3.63) is 41.9 Å². The zero-order valence-electron chi connectivity index (χ0n) is 12.4. The maximum absolute atomic E-state index is 12.4. The molecule has 4 rings (SSSR count). The van der Waals surface area contributed by atoms with Crippen LogP contribution in [0.2, 0.25) is 0 Å². The molecule has 1 fully saturated rings. The van der Waals surface area contributed by atoms with Crippen LogP contribution in [0.3, 0.4) is 0 Å². The van der Waals surface area contributed by atoms with Crippen molar-refractivity contribution in [2.75, 3.05) is 13.1 Å². The highest BCUT2D eigenvalue weighted by molar-refractivity contribution is 7.13. The summed E-state index contributed by atoms with van der Waals surface area (Å²) in [4.78, 5) is 30.3. The lowest BCUT2D eigenvalue weighted by Crippen LogP contribution is -2.27. The maximum atomic E-state index is 12.4. The summed E-state index contributed by atoms with van der Waals surface area (Å²) in [6, 6.07) is 1.87. The molecule has 1 amide bonds. The van der Waals surface area contributed by atoms with Crippen LogP contribution in [-0.2, 0) is 0 Å². The van der Waals surface area contributed by atoms with Gasteiger partial charge in [0.15, 0.2) is 0 Å². The van der Waals surface area contributed by atoms with Crippen molar-refractivity contribution in [1.82, 2.24) is 24.8 Å². The van der Waals surface area contributed by atoms with E-state index in [1.54, 1.807) is 18.6 Å². The van der Waals surface area contributed by atoms with Crippen molar-refractivity contribution in [1.29, 1.82) is 0 Å². The average Bonchev–Trinajstić information content (AvgIpc) is 3.35. The van der Waals surface area contributed by atoms with E-state index < -0.39 is 0 Å². The molecule has 1 aliphatic rings. The van der Waals surface area contributed by atoms with Crippen LogP contribution < -0.4 is 0 Å². The van der Waals surface area contributed by atoms with E-state index >= 15 is 0 Å². The molecule has 0 aromatic carbocycles. The van der Waals surface area contributed by atoms with E-state index in [-0.39, 0.29) is 5.91 Å². The van der Waals surface area contributed by atoms with Crippen LogP contribution in [0.1, 0.15) is 23.3 Å². The maximum Gasteiger partial charge on any atom is 0.270 e. The Balaban J connectivity index is 1.57. The van der Waals surface area contributed by atoms with Gasteiger partial charge < -0.3 is 9.88 Å². The van der Waals surface area contributed by atoms with Gasteiger partial charge in [0, 0.05) is 42.6 Å². The zero-order chi connectivity index (χ0) is 15.6. The van der Waals surface area contributed by atoms with Crippen molar-refractivity contribution in [2.45, 2.75) is 12.8 Å². The van der Waals surface area contributed by atoms with Crippen LogP contribution in [0.15, 0.2) is 36.2 Å². The number of nitrogens with one attached hydrogen (secondary N) is 1. The Morgan fingerprint density at radius 3 is 2.87 bits per heavy atom. The summed E-state index contributed by atoms with van der Waals surface area (Å²) in [5.74, 6) is 0.0677. The zero-order valence-corrected chi connectivity index (χ0v) is 13.2. The number of carbonyl (C=O) groups excluding carboxylic acids is 1. The highest BCUT2D eigenvalue weighted by atomic mass is 32.1. The number of hydrogen-bond acceptors (Lipinski definition) is 5. The number of nitrogens with zero attached hydrogens (tertiary/aromatic N) is 4. The number of hydrogen-bond donors (Lipinski definition) is 1. The monoisotopic (exact) mass is 325 g/mol. The number of aromatic amines is 1. The number of rotatable bonds is 3. The minimum Gasteiger partial charge on any atom is -0.357 e. The van der Waals surface area contributed by atoms with Gasteiger partial charge in [-0.1, -0.05) is 0 Å². The largest absolute Gasteiger partial charge is 0.357 e. The smallest absolute Gasteiger partial charge is 0.270 e. The molecule has 0 saturated carbocycles. The predicted octanol–water partition coefficient (Wildman–Crippen LogP) is 2.83. The van der Waals surface area contributed by atoms with E-state index in [4.69, 9.17) is 0 Å². The van der Waals surface area contributed by atoms with Crippen molar-refractivity contribution in [2.24, 2.45) is 0 Å². The third-order valence-corrected chi connectivity index (χ3v) is 4.75. The highest BCUT2D eigenvalue weighted by Gasteiger charge is 2.21. The number of H-pyrrole nitrogens is 1. The van der Waals surface area contributed by atoms with Gasteiger partial charge in [0.25, 0.3) is 5.91 Å². The molecule has 6 nitrogen and oxygen atoms in total. The lowest BCUT2D eigenvalue weighted by Gasteiger charge is -2.13. The molecule has 116 valence electrons. The lowest BCUT2D eigenvalue weighted by molar-refractivity contribution is 0.0788. The Hall–Kier alpha value is -2.54. The average molecular weight is 325 g/mol. The van der Waals surface area contributed by atoms with Gasteiger partial charge in [0.05, 0.1) is 11.9 Å². The molecule has 0 spiro atoms. The summed E-state index contributed by atoms with van der Waals surface area (Å²) in [6.07, 6.45) is 9.00. The van der Waals surface area contributed by atoms with E-state index in [2.05, 4.69) is 19.9 Å². The van der Waals surface area contributed by atoms with Gasteiger partial charge in [-0.05, 0) is 18.9 Å². The first-order valence-corrected chi connectivity index (χ1v) is 8.39. The molecular formula is C16H15N5OS. The molecule has 1 aliphatic heterocycles. The molecule has 0 aliphatic carbocycles. The predicted molar refractivity (Wildman–Crippen MR) is 88.1 cm³/mol. The SMILES string of the molecule is O=C(c1cc(-c2csc(-c3cnccn3)n2)c[nH]1)N1CCCC1. The fourth-order valence-electron chi connectivity index (χ4n) is 2.69. The summed E-state index contributed by atoms with van der Waals surface area (Å²) >= 11 is 1.52. The molecule has 23 heavy (non-hydrogen) atoms. The van der Waals surface area contributed by atoms with Gasteiger partial charge in [-0.15, -0.1) is 11.3 Å². The van der Waals surface area contributed by atoms with Crippen LogP contribution in [0.5, 0.6) is 0 Å². The van der Waals surface area contributed by atoms with Crippen molar-refractivity contribution < 1.29 is 4.79 Å². The number of carbonyl (C=O) groups is 1. The molecule has 0 radical (unpaired) electrons. The molecule has 0 unspecified atom stereocenters. The summed E-state index contributed by atoms with van der Waals surface area (Å²) in [5, 5.41) is 2.79. The van der Waals surface area contributed by atoms with Gasteiger partial charge in [0.1, 0.15) is 16.4 Å². The van der Waals surface area contributed by atoms with E-state index in [1.807, 2.05) is 22.5 Å². The number of thiazole rings is 1. The van der Waals surface area contributed by atoms with Crippen LogP contribution >= 0.6 is 11.3 Å². The molecule has 1 saturated heterocycles. The third-order valence-electron chi connectivity index (χ3n) is 3.89. The molecule has 7 heteroatoms. The van der Waals surface area contributed by atoms with Crippen LogP contribution in [0.4, 0.5) is 0 Å². The topological polar surface area (TPSA) is 74.8 Å². The fraction of sp³-hybridized carbons (Fsp3) is 0.250. The first kappa shape index (κ1) is 14.1.